The fourth-order valence-electron chi connectivity index (χ4n) is 10.4. The predicted octanol–water partition coefficient (Wildman–Crippen LogP) is 3.85. The molecule has 9 rings (SSSR count). The first-order valence-corrected chi connectivity index (χ1v) is 15.8. The van der Waals surface area contributed by atoms with E-state index >= 15 is 0 Å². The first kappa shape index (κ1) is 25.6. The molecule has 7 unspecified atom stereocenters. The first-order valence-electron chi connectivity index (χ1n) is 15.8. The Bertz CT molecular complexity index is 1020. The van der Waals surface area contributed by atoms with Crippen molar-refractivity contribution in [2.24, 2.45) is 57.6 Å². The standard InChI is InChI=1S/C31H46N2O6/c1-19-6-20-4-3-5-23(7-20)30(19)36-14-22(15-37-30)13-35-26(34)28-10-21-8-24(11-28)31(25(9-21)12-28)38-17-27(2,32)29(16-33-29)18-39-31/h16,19-25H,3-15,17-18,32H2,1-2H3. The van der Waals surface area contributed by atoms with E-state index in [-0.39, 0.29) is 23.7 Å². The summed E-state index contributed by atoms with van der Waals surface area (Å²) in [7, 11) is 0. The molecule has 3 aliphatic heterocycles. The van der Waals surface area contributed by atoms with Crippen LogP contribution in [0.2, 0.25) is 0 Å². The van der Waals surface area contributed by atoms with Gasteiger partial charge in [0.05, 0.1) is 44.0 Å². The molecule has 3 heterocycles. The van der Waals surface area contributed by atoms with Crippen LogP contribution >= 0.6 is 0 Å². The van der Waals surface area contributed by atoms with E-state index in [4.69, 9.17) is 29.4 Å². The molecule has 7 atom stereocenters. The van der Waals surface area contributed by atoms with Crippen molar-refractivity contribution < 1.29 is 28.5 Å². The SMILES string of the molecule is CC1CC2CCCC(C2)C12OCC(COC(=O)C13CC4CC(C1)C1(OCC(C)(N)C5(C=N5)CO1)C(C4)C3)CO2. The Hall–Kier alpha value is -1.06. The topological polar surface area (TPSA) is 102 Å². The molecular formula is C31H46N2O6. The maximum Gasteiger partial charge on any atom is 0.312 e. The van der Waals surface area contributed by atoms with Gasteiger partial charge in [0, 0.05) is 35.8 Å². The van der Waals surface area contributed by atoms with Crippen LogP contribution < -0.4 is 5.73 Å². The molecule has 0 radical (unpaired) electrons. The normalized spacial score (nSPS) is 57.2. The molecule has 0 amide bonds. The van der Waals surface area contributed by atoms with E-state index in [1.54, 1.807) is 0 Å². The summed E-state index contributed by atoms with van der Waals surface area (Å²) >= 11 is 0. The van der Waals surface area contributed by atoms with Gasteiger partial charge in [-0.15, -0.1) is 0 Å². The number of hydrogen-bond donors (Lipinski definition) is 1. The van der Waals surface area contributed by atoms with Crippen molar-refractivity contribution in [2.45, 2.75) is 101 Å². The van der Waals surface area contributed by atoms with E-state index in [9.17, 15) is 4.79 Å². The molecule has 8 heteroatoms. The Kier molecular flexibility index (Phi) is 5.58. The summed E-state index contributed by atoms with van der Waals surface area (Å²) in [4.78, 5) is 18.3. The minimum Gasteiger partial charge on any atom is -0.465 e. The molecular weight excluding hydrogens is 496 g/mol. The molecule has 0 aromatic rings. The van der Waals surface area contributed by atoms with Gasteiger partial charge in [-0.05, 0) is 70.1 Å². The molecule has 8 nitrogen and oxygen atoms in total. The Morgan fingerprint density at radius 2 is 1.62 bits per heavy atom. The third kappa shape index (κ3) is 3.66. The van der Waals surface area contributed by atoms with Crippen molar-refractivity contribution in [3.8, 4) is 0 Å². The number of nitrogens with two attached hydrogens (primary N) is 1. The zero-order valence-electron chi connectivity index (χ0n) is 23.7. The summed E-state index contributed by atoms with van der Waals surface area (Å²) in [6.45, 7) is 6.82. The van der Waals surface area contributed by atoms with Gasteiger partial charge in [0.15, 0.2) is 11.6 Å². The van der Waals surface area contributed by atoms with Crippen molar-refractivity contribution in [2.75, 3.05) is 33.0 Å². The van der Waals surface area contributed by atoms with Crippen LogP contribution in [0.3, 0.4) is 0 Å². The summed E-state index contributed by atoms with van der Waals surface area (Å²) in [6.07, 6.45) is 12.8. The van der Waals surface area contributed by atoms with Gasteiger partial charge in [-0.25, -0.2) is 0 Å². The van der Waals surface area contributed by atoms with E-state index in [0.717, 1.165) is 38.0 Å². The van der Waals surface area contributed by atoms with Crippen molar-refractivity contribution in [3.05, 3.63) is 0 Å². The number of carbonyl (C=O) groups is 1. The van der Waals surface area contributed by atoms with Crippen LogP contribution in [0, 0.1) is 46.8 Å². The van der Waals surface area contributed by atoms with Gasteiger partial charge in [-0.3, -0.25) is 9.79 Å². The molecule has 2 saturated heterocycles. The molecule has 6 saturated carbocycles. The molecule has 216 valence electrons. The van der Waals surface area contributed by atoms with Gasteiger partial charge in [0.2, 0.25) is 0 Å². The predicted molar refractivity (Wildman–Crippen MR) is 143 cm³/mol. The van der Waals surface area contributed by atoms with Crippen LogP contribution in [-0.4, -0.2) is 67.9 Å². The average Bonchev–Trinajstić information content (AvgIpc) is 3.73. The van der Waals surface area contributed by atoms with Crippen LogP contribution in [0.5, 0.6) is 0 Å². The van der Waals surface area contributed by atoms with Crippen molar-refractivity contribution >= 4 is 12.2 Å². The van der Waals surface area contributed by atoms with E-state index in [0.29, 0.717) is 50.8 Å². The van der Waals surface area contributed by atoms with Crippen molar-refractivity contribution in [3.63, 3.8) is 0 Å². The van der Waals surface area contributed by atoms with E-state index in [1.165, 1.54) is 32.1 Å². The smallest absolute Gasteiger partial charge is 0.312 e. The monoisotopic (exact) mass is 542 g/mol. The number of fused-ring (bicyclic) bond motifs is 3. The fourth-order valence-corrected chi connectivity index (χ4v) is 10.4. The molecule has 3 spiro atoms. The van der Waals surface area contributed by atoms with Crippen LogP contribution in [0.1, 0.15) is 78.1 Å². The minimum atomic E-state index is -0.648. The Morgan fingerprint density at radius 3 is 2.33 bits per heavy atom. The second-order valence-electron chi connectivity index (χ2n) is 15.2. The maximum absolute atomic E-state index is 13.8. The lowest BCUT2D eigenvalue weighted by atomic mass is 9.47. The summed E-state index contributed by atoms with van der Waals surface area (Å²) in [6, 6.07) is 0. The third-order valence-electron chi connectivity index (χ3n) is 12.6. The number of ether oxygens (including phenoxy) is 5. The van der Waals surface area contributed by atoms with Crippen LogP contribution in [-0.2, 0) is 28.5 Å². The second-order valence-corrected chi connectivity index (χ2v) is 15.2. The summed E-state index contributed by atoms with van der Waals surface area (Å²) in [5, 5.41) is 0. The van der Waals surface area contributed by atoms with Gasteiger partial charge in [-0.2, -0.15) is 0 Å². The van der Waals surface area contributed by atoms with Gasteiger partial charge >= 0.3 is 5.97 Å². The van der Waals surface area contributed by atoms with Gasteiger partial charge < -0.3 is 29.4 Å². The molecule has 39 heavy (non-hydrogen) atoms. The summed E-state index contributed by atoms with van der Waals surface area (Å²) in [5.41, 5.74) is 5.21. The van der Waals surface area contributed by atoms with Crippen molar-refractivity contribution in [1.82, 2.24) is 0 Å². The highest BCUT2D eigenvalue weighted by atomic mass is 16.7. The highest BCUT2D eigenvalue weighted by Gasteiger charge is 2.69. The van der Waals surface area contributed by atoms with Gasteiger partial charge in [0.1, 0.15) is 5.54 Å². The van der Waals surface area contributed by atoms with E-state index in [2.05, 4.69) is 11.9 Å². The number of rotatable bonds is 3. The number of nitrogens with zero attached hydrogens (tertiary/aromatic N) is 1. The van der Waals surface area contributed by atoms with Gasteiger partial charge in [0.25, 0.3) is 0 Å². The van der Waals surface area contributed by atoms with Crippen molar-refractivity contribution in [1.29, 1.82) is 0 Å². The summed E-state index contributed by atoms with van der Waals surface area (Å²) < 4.78 is 32.5. The lowest BCUT2D eigenvalue weighted by Gasteiger charge is -2.62. The largest absolute Gasteiger partial charge is 0.465 e. The second kappa shape index (κ2) is 8.50. The van der Waals surface area contributed by atoms with Crippen LogP contribution in [0.25, 0.3) is 0 Å². The highest BCUT2D eigenvalue weighted by Crippen LogP contribution is 2.66. The number of carbonyl (C=O) groups excluding carboxylic acids is 1. The average molecular weight is 543 g/mol. The molecule has 2 N–H and O–H groups in total. The Morgan fingerprint density at radius 1 is 0.923 bits per heavy atom. The summed E-state index contributed by atoms with van der Waals surface area (Å²) in [5.74, 6) is 1.68. The number of aliphatic imine (C=N–C) groups is 1. The van der Waals surface area contributed by atoms with E-state index < -0.39 is 28.1 Å². The van der Waals surface area contributed by atoms with Crippen LogP contribution in [0.4, 0.5) is 0 Å². The zero-order chi connectivity index (χ0) is 26.7. The lowest BCUT2D eigenvalue weighted by molar-refractivity contribution is -0.350. The zero-order valence-corrected chi connectivity index (χ0v) is 23.7. The molecule has 6 aliphatic carbocycles. The third-order valence-corrected chi connectivity index (χ3v) is 12.6. The maximum atomic E-state index is 13.8. The molecule has 0 aromatic carbocycles. The first-order chi connectivity index (χ1) is 18.7. The Labute approximate surface area is 232 Å². The van der Waals surface area contributed by atoms with E-state index in [1.807, 2.05) is 13.1 Å². The molecule has 6 bridgehead atoms. The van der Waals surface area contributed by atoms with Gasteiger partial charge in [-0.1, -0.05) is 19.8 Å². The quantitative estimate of drug-likeness (QED) is 0.541. The molecule has 8 fully saturated rings. The molecule has 0 aromatic heterocycles. The number of hydrogen-bond acceptors (Lipinski definition) is 8. The molecule has 9 aliphatic rings. The minimum absolute atomic E-state index is 0.0301. The lowest BCUT2D eigenvalue weighted by Crippen LogP contribution is -2.65. The van der Waals surface area contributed by atoms with Crippen LogP contribution in [0.15, 0.2) is 4.99 Å². The Balaban J connectivity index is 0.912. The highest BCUT2D eigenvalue weighted by molar-refractivity contribution is 5.87. The fraction of sp³-hybridized carbons (Fsp3) is 0.935. The number of esters is 1.